The highest BCUT2D eigenvalue weighted by Crippen LogP contribution is 2.25. The second-order valence-corrected chi connectivity index (χ2v) is 6.16. The number of hydrogen-bond acceptors (Lipinski definition) is 8. The van der Waals surface area contributed by atoms with Crippen LogP contribution in [-0.4, -0.2) is 55.7 Å². The number of nitrogens with zero attached hydrogens (tertiary/aromatic N) is 1. The van der Waals surface area contributed by atoms with Crippen LogP contribution in [0.4, 0.5) is 5.69 Å². The van der Waals surface area contributed by atoms with Crippen LogP contribution in [0.3, 0.4) is 0 Å². The summed E-state index contributed by atoms with van der Waals surface area (Å²) in [5, 5.41) is 13.8. The molecule has 1 aliphatic rings. The maximum Gasteiger partial charge on any atom is 0.338 e. The van der Waals surface area contributed by atoms with E-state index in [0.29, 0.717) is 19.4 Å². The highest BCUT2D eigenvalue weighted by Gasteiger charge is 2.37. The molecule has 10 heteroatoms. The SMILES string of the molecule is COC(=O)CC1(NC(=O)c2cc(C(=O)OC)cc([N+](=O)[O-])c2)CCCOC1. The minimum atomic E-state index is -0.988. The van der Waals surface area contributed by atoms with Gasteiger partial charge >= 0.3 is 11.9 Å². The van der Waals surface area contributed by atoms with Gasteiger partial charge in [0.05, 0.1) is 43.3 Å². The summed E-state index contributed by atoms with van der Waals surface area (Å²) in [6, 6.07) is 3.28. The lowest BCUT2D eigenvalue weighted by atomic mass is 9.88. The Kier molecular flexibility index (Phi) is 6.45. The first kappa shape index (κ1) is 20.3. The van der Waals surface area contributed by atoms with Crippen molar-refractivity contribution in [2.75, 3.05) is 27.4 Å². The van der Waals surface area contributed by atoms with Crippen molar-refractivity contribution < 1.29 is 33.5 Å². The number of benzene rings is 1. The highest BCUT2D eigenvalue weighted by molar-refractivity contribution is 5.99. The summed E-state index contributed by atoms with van der Waals surface area (Å²) in [7, 11) is 2.37. The molecule has 1 N–H and O–H groups in total. The number of nitro benzene ring substituents is 1. The topological polar surface area (TPSA) is 134 Å². The third-order valence-electron chi connectivity index (χ3n) is 4.22. The predicted octanol–water partition coefficient (Wildman–Crippen LogP) is 1.22. The molecule has 1 aliphatic heterocycles. The van der Waals surface area contributed by atoms with E-state index in [1.807, 2.05) is 0 Å². The molecule has 2 rings (SSSR count). The summed E-state index contributed by atoms with van der Waals surface area (Å²) in [6.07, 6.45) is 1.00. The van der Waals surface area contributed by atoms with E-state index in [2.05, 4.69) is 14.8 Å². The summed E-state index contributed by atoms with van der Waals surface area (Å²) in [6.45, 7) is 0.606. The Labute approximate surface area is 154 Å². The number of esters is 2. The maximum atomic E-state index is 12.7. The van der Waals surface area contributed by atoms with Gasteiger partial charge in [-0.1, -0.05) is 0 Å². The summed E-state index contributed by atoms with van der Waals surface area (Å²) in [4.78, 5) is 46.6. The molecule has 1 saturated heterocycles. The van der Waals surface area contributed by atoms with Crippen LogP contribution in [0.25, 0.3) is 0 Å². The summed E-state index contributed by atoms with van der Waals surface area (Å²) < 4.78 is 14.7. The third-order valence-corrected chi connectivity index (χ3v) is 4.22. The second kappa shape index (κ2) is 8.58. The second-order valence-electron chi connectivity index (χ2n) is 6.16. The maximum absolute atomic E-state index is 12.7. The van der Waals surface area contributed by atoms with Gasteiger partial charge in [-0.15, -0.1) is 0 Å². The number of hydrogen-bond donors (Lipinski definition) is 1. The number of non-ortho nitro benzene ring substituents is 1. The largest absolute Gasteiger partial charge is 0.469 e. The van der Waals surface area contributed by atoms with Crippen molar-refractivity contribution in [1.82, 2.24) is 5.32 Å². The van der Waals surface area contributed by atoms with E-state index in [1.165, 1.54) is 13.2 Å². The first-order valence-electron chi connectivity index (χ1n) is 8.15. The van der Waals surface area contributed by atoms with Crippen LogP contribution in [0.5, 0.6) is 0 Å². The molecule has 0 aliphatic carbocycles. The fourth-order valence-electron chi connectivity index (χ4n) is 2.88. The minimum Gasteiger partial charge on any atom is -0.469 e. The lowest BCUT2D eigenvalue weighted by Gasteiger charge is -2.37. The van der Waals surface area contributed by atoms with Crippen LogP contribution < -0.4 is 5.32 Å². The molecule has 10 nitrogen and oxygen atoms in total. The average molecular weight is 380 g/mol. The lowest BCUT2D eigenvalue weighted by molar-refractivity contribution is -0.384. The molecule has 1 heterocycles. The molecule has 0 aromatic heterocycles. The van der Waals surface area contributed by atoms with Gasteiger partial charge in [0.25, 0.3) is 11.6 Å². The molecule has 0 saturated carbocycles. The highest BCUT2D eigenvalue weighted by atomic mass is 16.6. The van der Waals surface area contributed by atoms with Gasteiger partial charge < -0.3 is 19.5 Å². The molecule has 146 valence electrons. The van der Waals surface area contributed by atoms with Gasteiger partial charge in [0.1, 0.15) is 0 Å². The third kappa shape index (κ3) is 5.00. The van der Waals surface area contributed by atoms with Gasteiger partial charge in [-0.3, -0.25) is 19.7 Å². The number of nitrogens with one attached hydrogen (secondary N) is 1. The van der Waals surface area contributed by atoms with E-state index in [0.717, 1.165) is 19.2 Å². The Morgan fingerprint density at radius 3 is 2.48 bits per heavy atom. The van der Waals surface area contributed by atoms with Crippen molar-refractivity contribution in [2.24, 2.45) is 0 Å². The zero-order chi connectivity index (χ0) is 20.0. The summed E-state index contributed by atoms with van der Waals surface area (Å²) in [5.74, 6) is -1.99. The fourth-order valence-corrected chi connectivity index (χ4v) is 2.88. The number of ether oxygens (including phenoxy) is 3. The van der Waals surface area contributed by atoms with Crippen molar-refractivity contribution in [3.05, 3.63) is 39.4 Å². The van der Waals surface area contributed by atoms with Gasteiger partial charge in [0, 0.05) is 24.3 Å². The first-order valence-corrected chi connectivity index (χ1v) is 8.15. The molecule has 1 aromatic rings. The van der Waals surface area contributed by atoms with E-state index in [4.69, 9.17) is 4.74 Å². The molecule has 0 spiro atoms. The molecule has 27 heavy (non-hydrogen) atoms. The zero-order valence-corrected chi connectivity index (χ0v) is 15.0. The average Bonchev–Trinajstić information content (AvgIpc) is 2.67. The Balaban J connectivity index is 2.34. The number of rotatable bonds is 6. The molecule has 1 unspecified atom stereocenters. The molecular formula is C17H20N2O8. The van der Waals surface area contributed by atoms with Crippen molar-refractivity contribution in [3.8, 4) is 0 Å². The van der Waals surface area contributed by atoms with E-state index in [9.17, 15) is 24.5 Å². The van der Waals surface area contributed by atoms with Gasteiger partial charge in [-0.2, -0.15) is 0 Å². The van der Waals surface area contributed by atoms with Gasteiger partial charge in [0.15, 0.2) is 0 Å². The van der Waals surface area contributed by atoms with Gasteiger partial charge in [-0.05, 0) is 18.9 Å². The molecule has 1 amide bonds. The normalized spacial score (nSPS) is 19.0. The number of amides is 1. The molecular weight excluding hydrogens is 360 g/mol. The molecule has 0 radical (unpaired) electrons. The standard InChI is InChI=1S/C17H20N2O8/c1-25-14(20)9-17(4-3-5-27-10-17)18-15(21)11-6-12(16(22)26-2)8-13(7-11)19(23)24/h6-8H,3-5,9-10H2,1-2H3,(H,18,21). The number of nitro groups is 1. The summed E-state index contributed by atoms with van der Waals surface area (Å²) in [5.41, 5.74) is -1.64. The van der Waals surface area contributed by atoms with Crippen molar-refractivity contribution in [1.29, 1.82) is 0 Å². The van der Waals surface area contributed by atoms with Gasteiger partial charge in [-0.25, -0.2) is 4.79 Å². The Bertz CT molecular complexity index is 755. The molecule has 0 bridgehead atoms. The predicted molar refractivity (Wildman–Crippen MR) is 91.3 cm³/mol. The van der Waals surface area contributed by atoms with Crippen LogP contribution in [0.2, 0.25) is 0 Å². The van der Waals surface area contributed by atoms with Crippen LogP contribution >= 0.6 is 0 Å². The molecule has 1 aromatic carbocycles. The van der Waals surface area contributed by atoms with Crippen molar-refractivity contribution in [3.63, 3.8) is 0 Å². The van der Waals surface area contributed by atoms with E-state index in [1.54, 1.807) is 0 Å². The monoisotopic (exact) mass is 380 g/mol. The van der Waals surface area contributed by atoms with Crippen LogP contribution in [0, 0.1) is 10.1 Å². The van der Waals surface area contributed by atoms with Crippen LogP contribution in [0.15, 0.2) is 18.2 Å². The molecule has 1 atom stereocenters. The van der Waals surface area contributed by atoms with Crippen molar-refractivity contribution >= 4 is 23.5 Å². The van der Waals surface area contributed by atoms with Gasteiger partial charge in [0.2, 0.25) is 0 Å². The Morgan fingerprint density at radius 2 is 1.93 bits per heavy atom. The van der Waals surface area contributed by atoms with E-state index >= 15 is 0 Å². The first-order chi connectivity index (χ1) is 12.8. The summed E-state index contributed by atoms with van der Waals surface area (Å²) >= 11 is 0. The lowest BCUT2D eigenvalue weighted by Crippen LogP contribution is -2.55. The Hall–Kier alpha value is -3.01. The zero-order valence-electron chi connectivity index (χ0n) is 15.0. The van der Waals surface area contributed by atoms with E-state index < -0.39 is 34.0 Å². The number of carbonyl (C=O) groups is 3. The van der Waals surface area contributed by atoms with E-state index in [-0.39, 0.29) is 24.2 Å². The fraction of sp³-hybridized carbons (Fsp3) is 0.471. The minimum absolute atomic E-state index is 0.0978. The number of methoxy groups -OCH3 is 2. The number of carbonyl (C=O) groups excluding carboxylic acids is 3. The molecule has 1 fully saturated rings. The van der Waals surface area contributed by atoms with Crippen molar-refractivity contribution in [2.45, 2.75) is 24.8 Å². The van der Waals surface area contributed by atoms with Crippen LogP contribution in [0.1, 0.15) is 40.0 Å². The Morgan fingerprint density at radius 1 is 1.22 bits per heavy atom. The van der Waals surface area contributed by atoms with Crippen LogP contribution in [-0.2, 0) is 19.0 Å². The smallest absolute Gasteiger partial charge is 0.338 e. The quantitative estimate of drug-likeness (QED) is 0.442.